The lowest BCUT2D eigenvalue weighted by molar-refractivity contribution is 0.589. The van der Waals surface area contributed by atoms with Crippen LogP contribution < -0.4 is 5.09 Å². The average molecular weight is 258 g/mol. The molecule has 1 aromatic carbocycles. The molecule has 0 heterocycles. The summed E-state index contributed by atoms with van der Waals surface area (Å²) in [4.78, 5) is 0. The predicted octanol–water partition coefficient (Wildman–Crippen LogP) is 4.29. The van der Waals surface area contributed by atoms with E-state index in [4.69, 9.17) is 34.4 Å². The van der Waals surface area contributed by atoms with Gasteiger partial charge in [0, 0.05) is 5.69 Å². The van der Waals surface area contributed by atoms with E-state index in [0.717, 1.165) is 0 Å². The van der Waals surface area contributed by atoms with E-state index < -0.39 is 11.2 Å². The summed E-state index contributed by atoms with van der Waals surface area (Å²) >= 11 is 16.4. The molecule has 0 spiro atoms. The Morgan fingerprint density at radius 2 is 1.77 bits per heavy atom. The van der Waals surface area contributed by atoms with Crippen molar-refractivity contribution in [1.82, 2.24) is 0 Å². The number of alkyl halides is 2. The van der Waals surface area contributed by atoms with Crippen molar-refractivity contribution in [2.24, 2.45) is 0 Å². The fraction of sp³-hybridized carbons (Fsp3) is 0.143. The minimum absolute atomic E-state index is 0.632. The fourth-order valence-electron chi connectivity index (χ4n) is 0.738. The van der Waals surface area contributed by atoms with E-state index in [-0.39, 0.29) is 0 Å². The molecule has 0 aromatic heterocycles. The molecule has 0 aliphatic heterocycles. The molecule has 2 nitrogen and oxygen atoms in total. The number of nitrogens with one attached hydrogen (secondary N) is 1. The zero-order valence-electron chi connectivity index (χ0n) is 6.45. The van der Waals surface area contributed by atoms with Gasteiger partial charge in [-0.15, -0.1) is 0 Å². The van der Waals surface area contributed by atoms with Gasteiger partial charge in [-0.25, -0.2) is 0 Å². The summed E-state index contributed by atoms with van der Waals surface area (Å²) in [5.41, 5.74) is 0.632. The molecule has 1 aromatic rings. The summed E-state index contributed by atoms with van der Waals surface area (Å²) in [5, 5.41) is 2.57. The summed E-state index contributed by atoms with van der Waals surface area (Å²) in [5.74, 6) is 0. The van der Waals surface area contributed by atoms with Gasteiger partial charge in [-0.05, 0) is 23.4 Å². The first-order chi connectivity index (χ1) is 6.02. The lowest BCUT2D eigenvalue weighted by atomic mass is 10.3. The van der Waals surface area contributed by atoms with Crippen molar-refractivity contribution in [1.29, 1.82) is 0 Å². The van der Waals surface area contributed by atoms with Crippen LogP contribution in [0.3, 0.4) is 0 Å². The summed E-state index contributed by atoms with van der Waals surface area (Å²) in [6.07, 6.45) is 0. The Bertz CT molecular complexity index is 317. The topological polar surface area (TPSA) is 29.1 Å². The summed E-state index contributed by atoms with van der Waals surface area (Å²) in [6.45, 7) is -3.23. The van der Waals surface area contributed by atoms with E-state index in [1.165, 1.54) is 0 Å². The Morgan fingerprint density at radius 3 is 2.23 bits per heavy atom. The molecule has 0 aliphatic rings. The highest BCUT2D eigenvalue weighted by atomic mass is 35.7. The Balaban J connectivity index is 2.76. The molecule has 0 fully saturated rings. The third-order valence-corrected chi connectivity index (χ3v) is 5.46. The van der Waals surface area contributed by atoms with Crippen molar-refractivity contribution in [3.8, 4) is 0 Å². The van der Waals surface area contributed by atoms with Crippen LogP contribution in [0.1, 0.15) is 0 Å². The Morgan fingerprint density at radius 1 is 1.23 bits per heavy atom. The molecule has 0 aliphatic carbocycles. The maximum Gasteiger partial charge on any atom is 0.287 e. The molecule has 0 saturated carbocycles. The monoisotopic (exact) mass is 257 g/mol. The average Bonchev–Trinajstić information content (AvgIpc) is 2.05. The third kappa shape index (κ3) is 3.40. The van der Waals surface area contributed by atoms with Crippen LogP contribution in [0.4, 0.5) is 5.69 Å². The highest BCUT2D eigenvalue weighted by Gasteiger charge is 2.26. The van der Waals surface area contributed by atoms with E-state index in [0.29, 0.717) is 5.69 Å². The number of para-hydroxylation sites is 1. The van der Waals surface area contributed by atoms with Gasteiger partial charge in [-0.1, -0.05) is 41.4 Å². The number of hydrogen-bond acceptors (Lipinski definition) is 1. The number of anilines is 1. The molecular weight excluding hydrogens is 251 g/mol. The smallest absolute Gasteiger partial charge is 0.287 e. The van der Waals surface area contributed by atoms with Crippen molar-refractivity contribution >= 4 is 46.8 Å². The van der Waals surface area contributed by atoms with Crippen LogP contribution in [0.15, 0.2) is 30.3 Å². The van der Waals surface area contributed by atoms with Crippen LogP contribution in [0.5, 0.6) is 0 Å². The molecular formula is C7H7Cl3NOP. The molecule has 1 N–H and O–H groups in total. The number of rotatable bonds is 3. The first-order valence-corrected chi connectivity index (χ1v) is 6.98. The van der Waals surface area contributed by atoms with Crippen molar-refractivity contribution in [3.05, 3.63) is 30.3 Å². The van der Waals surface area contributed by atoms with Crippen LogP contribution in [0, 0.1) is 0 Å². The quantitative estimate of drug-likeness (QED) is 0.647. The van der Waals surface area contributed by atoms with Crippen LogP contribution in [0.25, 0.3) is 0 Å². The van der Waals surface area contributed by atoms with Gasteiger partial charge in [0.2, 0.25) is 0 Å². The maximum atomic E-state index is 11.5. The molecule has 72 valence electrons. The zero-order valence-corrected chi connectivity index (χ0v) is 9.62. The van der Waals surface area contributed by atoms with Gasteiger partial charge in [0.1, 0.15) is 0 Å². The summed E-state index contributed by atoms with van der Waals surface area (Å²) in [6, 6.07) is 8.87. The molecule has 6 heteroatoms. The van der Waals surface area contributed by atoms with Crippen LogP contribution in [0.2, 0.25) is 0 Å². The van der Waals surface area contributed by atoms with Crippen molar-refractivity contribution in [2.45, 2.75) is 4.58 Å². The highest BCUT2D eigenvalue weighted by molar-refractivity contribution is 7.93. The van der Waals surface area contributed by atoms with Gasteiger partial charge in [0.25, 0.3) is 6.65 Å². The second kappa shape index (κ2) is 4.56. The van der Waals surface area contributed by atoms with Gasteiger partial charge in [0.05, 0.1) is 0 Å². The lowest BCUT2D eigenvalue weighted by Gasteiger charge is -2.13. The Kier molecular flexibility index (Phi) is 3.93. The number of halogens is 3. The second-order valence-corrected chi connectivity index (χ2v) is 7.44. The highest BCUT2D eigenvalue weighted by Crippen LogP contribution is 2.58. The number of hydrogen-bond donors (Lipinski definition) is 1. The maximum absolute atomic E-state index is 11.5. The molecule has 1 rings (SSSR count). The summed E-state index contributed by atoms with van der Waals surface area (Å²) < 4.78 is 10.4. The molecule has 0 saturated heterocycles. The van der Waals surface area contributed by atoms with E-state index >= 15 is 0 Å². The van der Waals surface area contributed by atoms with Crippen molar-refractivity contribution in [3.63, 3.8) is 0 Å². The largest absolute Gasteiger partial charge is 0.323 e. The fourth-order valence-corrected chi connectivity index (χ4v) is 1.92. The molecule has 1 unspecified atom stereocenters. The zero-order chi connectivity index (χ0) is 9.90. The number of benzene rings is 1. The standard InChI is InChI=1S/C7H7Cl3NOP/c8-7(9)13(10,12)11-6-4-2-1-3-5-6/h1-5,7H,(H,11,12). The van der Waals surface area contributed by atoms with E-state index in [1.807, 2.05) is 6.07 Å². The molecule has 1 atom stereocenters. The van der Waals surface area contributed by atoms with Crippen molar-refractivity contribution < 1.29 is 4.57 Å². The van der Waals surface area contributed by atoms with Crippen molar-refractivity contribution in [2.75, 3.05) is 5.09 Å². The molecule has 0 amide bonds. The van der Waals surface area contributed by atoms with Gasteiger partial charge in [-0.2, -0.15) is 0 Å². The minimum atomic E-state index is -3.23. The molecule has 13 heavy (non-hydrogen) atoms. The molecule has 0 bridgehead atoms. The second-order valence-electron chi connectivity index (χ2n) is 2.33. The first-order valence-electron chi connectivity index (χ1n) is 3.43. The lowest BCUT2D eigenvalue weighted by Crippen LogP contribution is -1.97. The van der Waals surface area contributed by atoms with Crippen LogP contribution in [-0.2, 0) is 4.57 Å². The normalized spacial score (nSPS) is 15.4. The SMILES string of the molecule is O=P(Cl)(Nc1ccccc1)C(Cl)Cl. The van der Waals surface area contributed by atoms with Gasteiger partial charge in [0.15, 0.2) is 4.58 Å². The van der Waals surface area contributed by atoms with Crippen LogP contribution in [-0.4, -0.2) is 4.58 Å². The summed E-state index contributed by atoms with van der Waals surface area (Å²) in [7, 11) is 0. The van der Waals surface area contributed by atoms with Crippen LogP contribution >= 0.6 is 41.1 Å². The first kappa shape index (κ1) is 11.2. The van der Waals surface area contributed by atoms with E-state index in [2.05, 4.69) is 5.09 Å². The van der Waals surface area contributed by atoms with E-state index in [1.54, 1.807) is 24.3 Å². The van der Waals surface area contributed by atoms with Gasteiger partial charge < -0.3 is 5.09 Å². The van der Waals surface area contributed by atoms with Gasteiger partial charge in [-0.3, -0.25) is 4.57 Å². The predicted molar refractivity (Wildman–Crippen MR) is 59.0 cm³/mol. The Hall–Kier alpha value is 0.120. The van der Waals surface area contributed by atoms with Gasteiger partial charge >= 0.3 is 0 Å². The third-order valence-electron chi connectivity index (χ3n) is 1.31. The minimum Gasteiger partial charge on any atom is -0.323 e. The Labute approximate surface area is 91.4 Å². The molecule has 0 radical (unpaired) electrons. The van der Waals surface area contributed by atoms with E-state index in [9.17, 15) is 4.57 Å².